The van der Waals surface area contributed by atoms with E-state index in [1.165, 1.54) is 10.1 Å². The predicted molar refractivity (Wildman–Crippen MR) is 82.3 cm³/mol. The maximum Gasteiger partial charge on any atom is 0.221 e. The fraction of sp³-hybridized carbons (Fsp3) is 0.462. The highest BCUT2D eigenvalue weighted by molar-refractivity contribution is 7.19. The van der Waals surface area contributed by atoms with E-state index in [9.17, 15) is 0 Å². The molecule has 0 radical (unpaired) electrons. The largest absolute Gasteiger partial charge is 0.370 e. The number of hydrogen-bond donors (Lipinski definition) is 0. The van der Waals surface area contributed by atoms with Crippen molar-refractivity contribution < 1.29 is 4.74 Å². The molecule has 9 heteroatoms. The van der Waals surface area contributed by atoms with Crippen molar-refractivity contribution in [3.63, 3.8) is 0 Å². The lowest BCUT2D eigenvalue weighted by molar-refractivity contribution is -0.0379. The Labute approximate surface area is 129 Å². The first-order chi connectivity index (χ1) is 10.5. The van der Waals surface area contributed by atoms with Crippen molar-refractivity contribution in [2.75, 3.05) is 0 Å². The molecular formula is C13H13N7OS. The van der Waals surface area contributed by atoms with E-state index in [-0.39, 0.29) is 11.5 Å². The van der Waals surface area contributed by atoms with Gasteiger partial charge in [-0.2, -0.15) is 4.52 Å². The van der Waals surface area contributed by atoms with Gasteiger partial charge >= 0.3 is 0 Å². The number of fused-ring (bicyclic) bond motifs is 5. The second-order valence-corrected chi connectivity index (χ2v) is 6.99. The Hall–Kier alpha value is -2.22. The highest BCUT2D eigenvalue weighted by Gasteiger charge is 2.31. The summed E-state index contributed by atoms with van der Waals surface area (Å²) < 4.78 is 7.39. The average Bonchev–Trinajstić information content (AvgIpc) is 2.97. The van der Waals surface area contributed by atoms with Gasteiger partial charge in [0.1, 0.15) is 10.7 Å². The maximum absolute atomic E-state index is 8.73. The Balaban J connectivity index is 2.13. The van der Waals surface area contributed by atoms with Gasteiger partial charge in [0.05, 0.1) is 17.6 Å². The zero-order valence-electron chi connectivity index (χ0n) is 12.4. The van der Waals surface area contributed by atoms with Crippen LogP contribution < -0.4 is 0 Å². The minimum atomic E-state index is -0.212. The van der Waals surface area contributed by atoms with Gasteiger partial charge in [-0.05, 0) is 37.0 Å². The van der Waals surface area contributed by atoms with Crippen molar-refractivity contribution in [3.8, 4) is 0 Å². The SMILES string of the molecule is Cc1nc2c3c4c(sc3nc(N=[N+]=[N-])n2n1)COC(C)(C)C4. The molecule has 0 amide bonds. The fourth-order valence-corrected chi connectivity index (χ4v) is 3.90. The van der Waals surface area contributed by atoms with Crippen LogP contribution in [0.2, 0.25) is 0 Å². The third kappa shape index (κ3) is 1.87. The van der Waals surface area contributed by atoms with Crippen LogP contribution in [0.15, 0.2) is 5.11 Å². The summed E-state index contributed by atoms with van der Waals surface area (Å²) in [6, 6.07) is 0. The molecule has 3 aromatic heterocycles. The molecule has 1 aliphatic rings. The molecule has 1 aliphatic heterocycles. The fourth-order valence-electron chi connectivity index (χ4n) is 2.81. The molecule has 0 atom stereocenters. The molecule has 22 heavy (non-hydrogen) atoms. The second kappa shape index (κ2) is 4.39. The van der Waals surface area contributed by atoms with E-state index in [2.05, 4.69) is 38.9 Å². The van der Waals surface area contributed by atoms with Gasteiger partial charge in [-0.25, -0.2) is 9.97 Å². The van der Waals surface area contributed by atoms with Gasteiger partial charge < -0.3 is 4.74 Å². The van der Waals surface area contributed by atoms with Crippen LogP contribution in [0.3, 0.4) is 0 Å². The second-order valence-electron chi connectivity index (χ2n) is 5.90. The number of ether oxygens (including phenoxy) is 1. The van der Waals surface area contributed by atoms with E-state index in [1.807, 2.05) is 6.92 Å². The van der Waals surface area contributed by atoms with Crippen LogP contribution >= 0.6 is 11.3 Å². The standard InChI is InChI=1S/C13H13N7OS/c1-6-15-10-9-7-4-13(2,3)21-5-8(7)22-11(9)16-12(17-19-14)20(10)18-6/h4-5H2,1-3H3. The summed E-state index contributed by atoms with van der Waals surface area (Å²) in [6.07, 6.45) is 0.798. The molecule has 0 unspecified atom stereocenters. The first-order valence-corrected chi connectivity index (χ1v) is 7.67. The van der Waals surface area contributed by atoms with Gasteiger partial charge in [0, 0.05) is 16.2 Å². The molecule has 0 fully saturated rings. The highest BCUT2D eigenvalue weighted by Crippen LogP contribution is 2.40. The summed E-state index contributed by atoms with van der Waals surface area (Å²) >= 11 is 1.56. The molecule has 112 valence electrons. The van der Waals surface area contributed by atoms with E-state index < -0.39 is 0 Å². The quantitative estimate of drug-likeness (QED) is 0.390. The molecule has 0 saturated heterocycles. The maximum atomic E-state index is 8.73. The first kappa shape index (κ1) is 13.4. The van der Waals surface area contributed by atoms with Crippen molar-refractivity contribution in [2.45, 2.75) is 39.4 Å². The van der Waals surface area contributed by atoms with Crippen LogP contribution in [0, 0.1) is 6.92 Å². The number of rotatable bonds is 1. The van der Waals surface area contributed by atoms with Gasteiger partial charge in [0.2, 0.25) is 5.95 Å². The third-order valence-corrected chi connectivity index (χ3v) is 4.83. The number of nitrogens with zero attached hydrogens (tertiary/aromatic N) is 7. The monoisotopic (exact) mass is 315 g/mol. The lowest BCUT2D eigenvalue weighted by Crippen LogP contribution is -2.31. The molecule has 0 aliphatic carbocycles. The van der Waals surface area contributed by atoms with Crippen molar-refractivity contribution in [1.29, 1.82) is 0 Å². The lowest BCUT2D eigenvalue weighted by Gasteiger charge is -2.30. The minimum absolute atomic E-state index is 0.212. The van der Waals surface area contributed by atoms with Crippen LogP contribution in [0.1, 0.15) is 30.1 Å². The van der Waals surface area contributed by atoms with E-state index in [1.54, 1.807) is 11.3 Å². The summed E-state index contributed by atoms with van der Waals surface area (Å²) in [5, 5.41) is 8.93. The molecular weight excluding hydrogens is 302 g/mol. The van der Waals surface area contributed by atoms with Gasteiger partial charge in [0.25, 0.3) is 0 Å². The van der Waals surface area contributed by atoms with E-state index in [4.69, 9.17) is 10.3 Å². The molecule has 3 aromatic rings. The number of aromatic nitrogens is 4. The van der Waals surface area contributed by atoms with Crippen LogP contribution in [0.5, 0.6) is 0 Å². The number of thiophene rings is 1. The molecule has 0 aromatic carbocycles. The smallest absolute Gasteiger partial charge is 0.221 e. The normalized spacial score (nSPS) is 16.7. The molecule has 8 nitrogen and oxygen atoms in total. The van der Waals surface area contributed by atoms with Crippen molar-refractivity contribution in [2.24, 2.45) is 5.11 Å². The molecule has 4 rings (SSSR count). The zero-order valence-corrected chi connectivity index (χ0v) is 13.2. The number of azide groups is 1. The molecule has 0 bridgehead atoms. The summed E-state index contributed by atoms with van der Waals surface area (Å²) in [7, 11) is 0. The Bertz CT molecular complexity index is 964. The van der Waals surface area contributed by atoms with E-state index >= 15 is 0 Å². The van der Waals surface area contributed by atoms with Gasteiger partial charge in [-0.1, -0.05) is 0 Å². The van der Waals surface area contributed by atoms with Gasteiger partial charge in [-0.15, -0.1) is 16.4 Å². The summed E-state index contributed by atoms with van der Waals surface area (Å²) in [6.45, 7) is 6.53. The summed E-state index contributed by atoms with van der Waals surface area (Å²) in [5.74, 6) is 0.833. The molecule has 0 spiro atoms. The van der Waals surface area contributed by atoms with Crippen LogP contribution in [0.25, 0.3) is 26.3 Å². The predicted octanol–water partition coefficient (Wildman–Crippen LogP) is 3.44. The lowest BCUT2D eigenvalue weighted by atomic mass is 9.94. The summed E-state index contributed by atoms with van der Waals surface area (Å²) in [5.41, 5.74) is 10.4. The van der Waals surface area contributed by atoms with Crippen LogP contribution in [0.4, 0.5) is 5.95 Å². The van der Waals surface area contributed by atoms with Gasteiger partial charge in [-0.3, -0.25) is 0 Å². The van der Waals surface area contributed by atoms with Crippen molar-refractivity contribution in [1.82, 2.24) is 19.6 Å². The van der Waals surface area contributed by atoms with Crippen LogP contribution in [-0.2, 0) is 17.8 Å². The zero-order chi connectivity index (χ0) is 15.5. The summed E-state index contributed by atoms with van der Waals surface area (Å²) in [4.78, 5) is 13.8. The first-order valence-electron chi connectivity index (χ1n) is 6.85. The highest BCUT2D eigenvalue weighted by atomic mass is 32.1. The third-order valence-electron chi connectivity index (χ3n) is 3.73. The average molecular weight is 315 g/mol. The van der Waals surface area contributed by atoms with Gasteiger partial charge in [0.15, 0.2) is 5.65 Å². The van der Waals surface area contributed by atoms with E-state index in [0.717, 1.165) is 21.5 Å². The van der Waals surface area contributed by atoms with Crippen LogP contribution in [-0.4, -0.2) is 25.2 Å². The topological polar surface area (TPSA) is 101 Å². The molecule has 0 N–H and O–H groups in total. The molecule has 0 saturated carbocycles. The Morgan fingerprint density at radius 3 is 3.00 bits per heavy atom. The number of aryl methyl sites for hydroxylation is 1. The Morgan fingerprint density at radius 1 is 1.41 bits per heavy atom. The Kier molecular flexibility index (Phi) is 2.68. The Morgan fingerprint density at radius 2 is 2.23 bits per heavy atom. The van der Waals surface area contributed by atoms with Crippen molar-refractivity contribution in [3.05, 3.63) is 26.7 Å². The van der Waals surface area contributed by atoms with Crippen molar-refractivity contribution >= 4 is 33.1 Å². The minimum Gasteiger partial charge on any atom is -0.370 e. The molecule has 4 heterocycles. The van der Waals surface area contributed by atoms with E-state index in [0.29, 0.717) is 18.1 Å². The number of hydrogen-bond acceptors (Lipinski definition) is 6.